The molecule has 0 spiro atoms. The van der Waals surface area contributed by atoms with Crippen molar-refractivity contribution in [3.8, 4) is 11.6 Å². The van der Waals surface area contributed by atoms with Gasteiger partial charge in [0, 0.05) is 12.1 Å². The van der Waals surface area contributed by atoms with Gasteiger partial charge in [-0.1, -0.05) is 17.7 Å². The van der Waals surface area contributed by atoms with Crippen LogP contribution in [0.2, 0.25) is 0 Å². The summed E-state index contributed by atoms with van der Waals surface area (Å²) in [4.78, 5) is 13.9. The minimum absolute atomic E-state index is 0.160. The van der Waals surface area contributed by atoms with Gasteiger partial charge in [0.2, 0.25) is 11.7 Å². The van der Waals surface area contributed by atoms with Crippen LogP contribution in [-0.4, -0.2) is 9.91 Å². The van der Waals surface area contributed by atoms with Gasteiger partial charge in [-0.2, -0.15) is 4.98 Å². The van der Waals surface area contributed by atoms with E-state index in [2.05, 4.69) is 4.98 Å². The molecule has 1 heterocycles. The molecule has 0 aliphatic heterocycles. The Kier molecular flexibility index (Phi) is 3.33. The number of pyridine rings is 1. The summed E-state index contributed by atoms with van der Waals surface area (Å²) in [5.41, 5.74) is 7.36. The predicted molar refractivity (Wildman–Crippen MR) is 71.3 cm³/mol. The van der Waals surface area contributed by atoms with E-state index in [-0.39, 0.29) is 17.4 Å². The summed E-state index contributed by atoms with van der Waals surface area (Å²) < 4.78 is 5.57. The molecule has 19 heavy (non-hydrogen) atoms. The zero-order chi connectivity index (χ0) is 14.0. The molecule has 2 N–H and O–H groups in total. The molecule has 0 bridgehead atoms. The number of ether oxygens (including phenoxy) is 1. The molecule has 0 unspecified atom stereocenters. The number of benzene rings is 1. The Morgan fingerprint density at radius 1 is 1.26 bits per heavy atom. The lowest BCUT2D eigenvalue weighted by Crippen LogP contribution is -2.00. The van der Waals surface area contributed by atoms with Crippen molar-refractivity contribution in [1.29, 1.82) is 0 Å². The summed E-state index contributed by atoms with van der Waals surface area (Å²) in [6.45, 7) is 3.90. The quantitative estimate of drug-likeness (QED) is 0.675. The Morgan fingerprint density at radius 2 is 2.00 bits per heavy atom. The van der Waals surface area contributed by atoms with Gasteiger partial charge in [0.1, 0.15) is 5.75 Å². The zero-order valence-electron chi connectivity index (χ0n) is 10.6. The van der Waals surface area contributed by atoms with Crippen molar-refractivity contribution in [1.82, 2.24) is 4.98 Å². The number of hydrogen-bond acceptors (Lipinski definition) is 5. The molecule has 0 aliphatic rings. The second kappa shape index (κ2) is 4.93. The number of nitrogens with zero attached hydrogens (tertiary/aromatic N) is 2. The second-order valence-electron chi connectivity index (χ2n) is 4.18. The standard InChI is InChI=1S/C13H13N3O3/c1-8-3-5-11(9(2)7-8)19-12-6-4-10(16(17)18)13(14)15-12/h3-7H,1-2H3,(H2,14,15). The van der Waals surface area contributed by atoms with Crippen molar-refractivity contribution in [2.45, 2.75) is 13.8 Å². The number of anilines is 1. The van der Waals surface area contributed by atoms with E-state index in [1.165, 1.54) is 12.1 Å². The Bertz CT molecular complexity index is 641. The van der Waals surface area contributed by atoms with E-state index in [1.54, 1.807) is 0 Å². The molecule has 0 fully saturated rings. The first-order valence-electron chi connectivity index (χ1n) is 5.63. The molecule has 2 aromatic rings. The average molecular weight is 259 g/mol. The highest BCUT2D eigenvalue weighted by atomic mass is 16.6. The summed E-state index contributed by atoms with van der Waals surface area (Å²) in [5.74, 6) is 0.716. The topological polar surface area (TPSA) is 91.3 Å². The monoisotopic (exact) mass is 259 g/mol. The van der Waals surface area contributed by atoms with E-state index in [0.717, 1.165) is 11.1 Å². The van der Waals surface area contributed by atoms with Crippen LogP contribution in [-0.2, 0) is 0 Å². The summed E-state index contributed by atoms with van der Waals surface area (Å²) in [7, 11) is 0. The molecule has 6 nitrogen and oxygen atoms in total. The van der Waals surface area contributed by atoms with Crippen LogP contribution >= 0.6 is 0 Å². The van der Waals surface area contributed by atoms with Gasteiger partial charge in [-0.15, -0.1) is 0 Å². The van der Waals surface area contributed by atoms with Crippen molar-refractivity contribution in [2.75, 3.05) is 5.73 Å². The first-order chi connectivity index (χ1) is 8.97. The van der Waals surface area contributed by atoms with E-state index >= 15 is 0 Å². The first kappa shape index (κ1) is 12.8. The predicted octanol–water partition coefficient (Wildman–Crippen LogP) is 2.98. The molecule has 1 aromatic heterocycles. The Hall–Kier alpha value is -2.63. The fourth-order valence-electron chi connectivity index (χ4n) is 1.69. The molecule has 0 aliphatic carbocycles. The number of aryl methyl sites for hydroxylation is 2. The van der Waals surface area contributed by atoms with Crippen LogP contribution in [0.25, 0.3) is 0 Å². The normalized spacial score (nSPS) is 10.2. The molecule has 98 valence electrons. The van der Waals surface area contributed by atoms with Crippen molar-refractivity contribution in [2.24, 2.45) is 0 Å². The second-order valence-corrected chi connectivity index (χ2v) is 4.18. The molecule has 0 saturated carbocycles. The molecule has 0 radical (unpaired) electrons. The molecule has 6 heteroatoms. The smallest absolute Gasteiger partial charge is 0.311 e. The summed E-state index contributed by atoms with van der Waals surface area (Å²) in [6, 6.07) is 8.42. The Balaban J connectivity index is 2.29. The third-order valence-corrected chi connectivity index (χ3v) is 2.62. The molecule has 2 rings (SSSR count). The fraction of sp³-hybridized carbons (Fsp3) is 0.154. The van der Waals surface area contributed by atoms with Gasteiger partial charge in [0.05, 0.1) is 4.92 Å². The van der Waals surface area contributed by atoms with E-state index < -0.39 is 4.92 Å². The first-order valence-corrected chi connectivity index (χ1v) is 5.63. The van der Waals surface area contributed by atoms with E-state index in [4.69, 9.17) is 10.5 Å². The largest absolute Gasteiger partial charge is 0.439 e. The van der Waals surface area contributed by atoms with Crippen LogP contribution in [0, 0.1) is 24.0 Å². The molecule has 1 aromatic carbocycles. The fourth-order valence-corrected chi connectivity index (χ4v) is 1.69. The Morgan fingerprint density at radius 3 is 2.58 bits per heavy atom. The molecule has 0 amide bonds. The van der Waals surface area contributed by atoms with Crippen LogP contribution in [0.3, 0.4) is 0 Å². The highest BCUT2D eigenvalue weighted by molar-refractivity contribution is 5.53. The van der Waals surface area contributed by atoms with Gasteiger partial charge in [0.25, 0.3) is 0 Å². The minimum atomic E-state index is -0.580. The Labute approximate surface area is 110 Å². The highest BCUT2D eigenvalue weighted by Gasteiger charge is 2.14. The van der Waals surface area contributed by atoms with Crippen LogP contribution in [0.1, 0.15) is 11.1 Å². The third-order valence-electron chi connectivity index (χ3n) is 2.62. The van der Waals surface area contributed by atoms with Crippen molar-refractivity contribution in [3.63, 3.8) is 0 Å². The lowest BCUT2D eigenvalue weighted by Gasteiger charge is -2.08. The minimum Gasteiger partial charge on any atom is -0.439 e. The number of rotatable bonds is 3. The van der Waals surface area contributed by atoms with Gasteiger partial charge < -0.3 is 10.5 Å². The van der Waals surface area contributed by atoms with Crippen LogP contribution in [0.5, 0.6) is 11.6 Å². The third kappa shape index (κ3) is 2.79. The molecule has 0 atom stereocenters. The van der Waals surface area contributed by atoms with E-state index in [9.17, 15) is 10.1 Å². The van der Waals surface area contributed by atoms with Crippen LogP contribution in [0.15, 0.2) is 30.3 Å². The summed E-state index contributed by atoms with van der Waals surface area (Å²) in [5, 5.41) is 10.6. The summed E-state index contributed by atoms with van der Waals surface area (Å²) in [6.07, 6.45) is 0. The van der Waals surface area contributed by atoms with Gasteiger partial charge in [0.15, 0.2) is 0 Å². The lowest BCUT2D eigenvalue weighted by atomic mass is 10.1. The van der Waals surface area contributed by atoms with E-state index in [1.807, 2.05) is 32.0 Å². The van der Waals surface area contributed by atoms with Gasteiger partial charge in [-0.3, -0.25) is 10.1 Å². The van der Waals surface area contributed by atoms with Gasteiger partial charge in [-0.05, 0) is 25.5 Å². The van der Waals surface area contributed by atoms with E-state index in [0.29, 0.717) is 5.75 Å². The van der Waals surface area contributed by atoms with Crippen LogP contribution < -0.4 is 10.5 Å². The number of hydrogen-bond donors (Lipinski definition) is 1. The maximum Gasteiger partial charge on any atom is 0.311 e. The maximum atomic E-state index is 10.6. The molecular weight excluding hydrogens is 246 g/mol. The maximum absolute atomic E-state index is 10.6. The number of aromatic nitrogens is 1. The molecular formula is C13H13N3O3. The number of nitrogens with two attached hydrogens (primary N) is 1. The SMILES string of the molecule is Cc1ccc(Oc2ccc([N+](=O)[O-])c(N)n2)c(C)c1. The van der Waals surface area contributed by atoms with Crippen molar-refractivity contribution in [3.05, 3.63) is 51.6 Å². The van der Waals surface area contributed by atoms with Crippen molar-refractivity contribution < 1.29 is 9.66 Å². The lowest BCUT2D eigenvalue weighted by molar-refractivity contribution is -0.384. The number of nitro groups is 1. The van der Waals surface area contributed by atoms with Gasteiger partial charge in [-0.25, -0.2) is 0 Å². The zero-order valence-corrected chi connectivity index (χ0v) is 10.6. The average Bonchev–Trinajstić information content (AvgIpc) is 2.32. The molecule has 0 saturated heterocycles. The summed E-state index contributed by atoms with van der Waals surface area (Å²) >= 11 is 0. The van der Waals surface area contributed by atoms with Gasteiger partial charge >= 0.3 is 5.69 Å². The van der Waals surface area contributed by atoms with Crippen LogP contribution in [0.4, 0.5) is 11.5 Å². The highest BCUT2D eigenvalue weighted by Crippen LogP contribution is 2.27. The number of nitrogen functional groups attached to an aromatic ring is 1. The van der Waals surface area contributed by atoms with Crippen molar-refractivity contribution >= 4 is 11.5 Å².